The van der Waals surface area contributed by atoms with Crippen molar-refractivity contribution in [3.63, 3.8) is 0 Å². The average Bonchev–Trinajstić information content (AvgIpc) is 3.87. The monoisotopic (exact) mass is 707 g/mol. The highest BCUT2D eigenvalue weighted by molar-refractivity contribution is 5.94. The highest BCUT2D eigenvalue weighted by atomic mass is 35.5. The lowest BCUT2D eigenvalue weighted by molar-refractivity contribution is -0.143. The first-order valence-corrected chi connectivity index (χ1v) is 15.2. The molecule has 1 aromatic heterocycles. The standard InChI is InChI=1S/C30H35F2N9O7.ClH/c1-20(39-10-11-40(27(39)42)22-5-7-23(8-6-22)41-16-33-35-36-41)30(44,25-9-4-21(31)12-26(25)32)15-38-18-37(17-34-38)19-46-28(43)45-13-24-14-47-29(2,3)48-24;/h4-9,12,16-17,20,24,44H,10-11,13-15,18-19H2,1-3H3;1H/t20-,24-,30-;/m1./s1. The molecule has 4 heterocycles. The third kappa shape index (κ3) is 7.82. The Kier molecular flexibility index (Phi) is 10.5. The summed E-state index contributed by atoms with van der Waals surface area (Å²) in [5.41, 5.74) is -0.947. The van der Waals surface area contributed by atoms with E-state index in [9.17, 15) is 19.1 Å². The van der Waals surface area contributed by atoms with Crippen molar-refractivity contribution in [2.45, 2.75) is 44.3 Å². The molecule has 0 bridgehead atoms. The van der Waals surface area contributed by atoms with Gasteiger partial charge in [0.05, 0.1) is 24.9 Å². The van der Waals surface area contributed by atoms with Crippen molar-refractivity contribution in [3.05, 3.63) is 66.0 Å². The topological polar surface area (TPSA) is 160 Å². The third-order valence-electron chi connectivity index (χ3n) is 8.32. The smallest absolute Gasteiger partial charge is 0.431 e. The Morgan fingerprint density at radius 1 is 1.14 bits per heavy atom. The Labute approximate surface area is 286 Å². The summed E-state index contributed by atoms with van der Waals surface area (Å²) in [6.45, 7) is 5.41. The quantitative estimate of drug-likeness (QED) is 0.291. The number of amides is 2. The molecule has 16 nitrogen and oxygen atoms in total. The number of hydrogen-bond acceptors (Lipinski definition) is 13. The number of aliphatic hydroxyl groups is 1. The first-order chi connectivity index (χ1) is 22.9. The van der Waals surface area contributed by atoms with Gasteiger partial charge >= 0.3 is 12.2 Å². The number of carbonyl (C=O) groups excluding carboxylic acids is 2. The molecule has 49 heavy (non-hydrogen) atoms. The lowest BCUT2D eigenvalue weighted by atomic mass is 9.85. The van der Waals surface area contributed by atoms with Gasteiger partial charge < -0.3 is 33.9 Å². The fourth-order valence-electron chi connectivity index (χ4n) is 5.81. The summed E-state index contributed by atoms with van der Waals surface area (Å²) in [6.07, 6.45) is 1.50. The molecule has 0 unspecified atom stereocenters. The molecule has 2 aromatic carbocycles. The van der Waals surface area contributed by atoms with Crippen molar-refractivity contribution >= 4 is 36.6 Å². The molecule has 3 atom stereocenters. The summed E-state index contributed by atoms with van der Waals surface area (Å²) < 4.78 is 52.0. The zero-order chi connectivity index (χ0) is 34.1. The molecule has 0 aliphatic carbocycles. The van der Waals surface area contributed by atoms with Crippen LogP contribution in [0.1, 0.15) is 26.3 Å². The second-order valence-electron chi connectivity index (χ2n) is 12.0. The Bertz CT molecular complexity index is 1650. The van der Waals surface area contributed by atoms with Crippen LogP contribution in [0, 0.1) is 11.6 Å². The normalized spacial score (nSPS) is 20.4. The van der Waals surface area contributed by atoms with Crippen LogP contribution in [-0.4, -0.2) is 123 Å². The van der Waals surface area contributed by atoms with Crippen molar-refractivity contribution in [1.29, 1.82) is 0 Å². The van der Waals surface area contributed by atoms with Gasteiger partial charge in [0.25, 0.3) is 0 Å². The number of carbonyl (C=O) groups is 2. The molecule has 1 N–H and O–H groups in total. The maximum atomic E-state index is 15.3. The van der Waals surface area contributed by atoms with Gasteiger partial charge in [-0.15, -0.1) is 17.5 Å². The van der Waals surface area contributed by atoms with Crippen LogP contribution in [0.3, 0.4) is 0 Å². The van der Waals surface area contributed by atoms with E-state index >= 15 is 4.39 Å². The van der Waals surface area contributed by atoms with Gasteiger partial charge in [-0.05, 0) is 61.5 Å². The zero-order valence-electron chi connectivity index (χ0n) is 26.9. The minimum atomic E-state index is -2.04. The van der Waals surface area contributed by atoms with Gasteiger partial charge in [-0.1, -0.05) is 6.07 Å². The Morgan fingerprint density at radius 2 is 1.90 bits per heavy atom. The number of anilines is 1. The van der Waals surface area contributed by atoms with Gasteiger partial charge in [0.1, 0.15) is 49.3 Å². The molecule has 0 radical (unpaired) electrons. The van der Waals surface area contributed by atoms with Crippen molar-refractivity contribution in [3.8, 4) is 5.69 Å². The molecule has 2 fully saturated rings. The van der Waals surface area contributed by atoms with E-state index in [0.29, 0.717) is 24.0 Å². The molecule has 264 valence electrons. The van der Waals surface area contributed by atoms with Gasteiger partial charge in [0.2, 0.25) is 0 Å². The number of hydrogen-bond donors (Lipinski definition) is 1. The Balaban J connectivity index is 0.00000468. The maximum Gasteiger partial charge on any atom is 0.510 e. The van der Waals surface area contributed by atoms with Gasteiger partial charge in [-0.2, -0.15) is 5.10 Å². The number of hydrazone groups is 1. The number of ether oxygens (including phenoxy) is 4. The molecule has 2 amide bonds. The SMILES string of the molecule is C[C@@H](N1CCN(c2ccc(-n3cnnn3)cc2)C1=O)[C@](O)(CN1CN(COC(=O)OC[C@@H]2COC(C)(C)O2)C=N1)c1ccc(F)cc1F.Cl. The fraction of sp³-hybridized carbons (Fsp3) is 0.467. The number of aromatic nitrogens is 4. The molecular weight excluding hydrogens is 672 g/mol. The van der Waals surface area contributed by atoms with Crippen molar-refractivity contribution in [2.75, 3.05) is 51.1 Å². The van der Waals surface area contributed by atoms with E-state index in [2.05, 4.69) is 20.6 Å². The number of tetrazole rings is 1. The fourth-order valence-corrected chi connectivity index (χ4v) is 5.81. The van der Waals surface area contributed by atoms with E-state index < -0.39 is 47.4 Å². The number of urea groups is 1. The van der Waals surface area contributed by atoms with E-state index in [-0.39, 0.29) is 57.7 Å². The average molecular weight is 708 g/mol. The highest BCUT2D eigenvalue weighted by Gasteiger charge is 2.47. The van der Waals surface area contributed by atoms with Crippen LogP contribution in [0.2, 0.25) is 0 Å². The summed E-state index contributed by atoms with van der Waals surface area (Å²) in [4.78, 5) is 30.4. The minimum Gasteiger partial charge on any atom is -0.431 e. The van der Waals surface area contributed by atoms with E-state index in [1.807, 2.05) is 0 Å². The lowest BCUT2D eigenvalue weighted by Gasteiger charge is -2.41. The first kappa shape index (κ1) is 35.7. The maximum absolute atomic E-state index is 15.3. The van der Waals surface area contributed by atoms with Crippen LogP contribution in [0.4, 0.5) is 24.1 Å². The summed E-state index contributed by atoms with van der Waals surface area (Å²) in [5.74, 6) is -2.54. The molecule has 3 aliphatic heterocycles. The molecule has 19 heteroatoms. The third-order valence-corrected chi connectivity index (χ3v) is 8.32. The van der Waals surface area contributed by atoms with Crippen LogP contribution < -0.4 is 4.90 Å². The number of halogens is 3. The second-order valence-corrected chi connectivity index (χ2v) is 12.0. The predicted octanol–water partition coefficient (Wildman–Crippen LogP) is 2.66. The van der Waals surface area contributed by atoms with Gasteiger partial charge in [-0.25, -0.2) is 23.1 Å². The van der Waals surface area contributed by atoms with Crippen molar-refractivity contribution in [2.24, 2.45) is 5.10 Å². The summed E-state index contributed by atoms with van der Waals surface area (Å²) >= 11 is 0. The Hall–Kier alpha value is -4.65. The van der Waals surface area contributed by atoms with Crippen molar-refractivity contribution < 1.29 is 42.4 Å². The Morgan fingerprint density at radius 3 is 2.57 bits per heavy atom. The summed E-state index contributed by atoms with van der Waals surface area (Å²) in [6, 6.07) is 8.51. The molecule has 3 aromatic rings. The van der Waals surface area contributed by atoms with Crippen LogP contribution >= 0.6 is 12.4 Å². The van der Waals surface area contributed by atoms with Gasteiger partial charge in [0, 0.05) is 30.4 Å². The zero-order valence-corrected chi connectivity index (χ0v) is 27.7. The van der Waals surface area contributed by atoms with Crippen LogP contribution in [0.5, 0.6) is 0 Å². The highest BCUT2D eigenvalue weighted by Crippen LogP contribution is 2.35. The molecule has 6 rings (SSSR count). The number of β-amino-alcohol motifs (C(OH)–C–C–N with tert-alkyl or cyclic N) is 1. The number of benzene rings is 2. The first-order valence-electron chi connectivity index (χ1n) is 15.2. The minimum absolute atomic E-state index is 0. The lowest BCUT2D eigenvalue weighted by Crippen LogP contribution is -2.55. The van der Waals surface area contributed by atoms with E-state index in [1.165, 1.54) is 32.2 Å². The van der Waals surface area contributed by atoms with E-state index in [0.717, 1.165) is 12.1 Å². The molecular formula is C30H36ClF2N9O7. The van der Waals surface area contributed by atoms with Crippen LogP contribution in [-0.2, 0) is 24.5 Å². The molecule has 2 saturated heterocycles. The van der Waals surface area contributed by atoms with Gasteiger partial charge in [0.15, 0.2) is 12.5 Å². The van der Waals surface area contributed by atoms with Crippen LogP contribution in [0.15, 0.2) is 53.9 Å². The molecule has 0 spiro atoms. The van der Waals surface area contributed by atoms with Crippen LogP contribution in [0.25, 0.3) is 5.69 Å². The largest absolute Gasteiger partial charge is 0.510 e. The summed E-state index contributed by atoms with van der Waals surface area (Å²) in [5, 5.41) is 29.0. The second kappa shape index (κ2) is 14.5. The van der Waals surface area contributed by atoms with E-state index in [1.54, 1.807) is 49.9 Å². The number of nitrogens with zero attached hydrogens (tertiary/aromatic N) is 9. The van der Waals surface area contributed by atoms with Crippen molar-refractivity contribution in [1.82, 2.24) is 35.0 Å². The van der Waals surface area contributed by atoms with Gasteiger partial charge in [-0.3, -0.25) is 9.91 Å². The molecule has 3 aliphatic rings. The molecule has 0 saturated carbocycles. The van der Waals surface area contributed by atoms with E-state index in [4.69, 9.17) is 18.9 Å². The number of rotatable bonds is 11. The predicted molar refractivity (Wildman–Crippen MR) is 170 cm³/mol. The summed E-state index contributed by atoms with van der Waals surface area (Å²) in [7, 11) is 0.